The summed E-state index contributed by atoms with van der Waals surface area (Å²) in [5, 5.41) is 7.61. The molecule has 0 fully saturated rings. The molecule has 0 spiro atoms. The number of nitrogens with two attached hydrogens (primary N) is 1. The monoisotopic (exact) mass is 270 g/mol. The van der Waals surface area contributed by atoms with Gasteiger partial charge in [-0.25, -0.2) is 0 Å². The molecule has 0 unspecified atom stereocenters. The highest BCUT2D eigenvalue weighted by atomic mass is 16.7. The maximum atomic E-state index is 7.61. The molecule has 0 saturated carbocycles. The molecule has 2 aromatic rings. The number of nitrogens with one attached hydrogen (secondary N) is 1. The molecule has 102 valence electrons. The summed E-state index contributed by atoms with van der Waals surface area (Å²) in [7, 11) is 0. The van der Waals surface area contributed by atoms with Crippen molar-refractivity contribution in [3.8, 4) is 23.0 Å². The molecule has 3 N–H and O–H groups in total. The minimum atomic E-state index is -0.0237. The van der Waals surface area contributed by atoms with Gasteiger partial charge in [0.2, 0.25) is 6.79 Å². The summed E-state index contributed by atoms with van der Waals surface area (Å²) in [4.78, 5) is 0. The molecule has 0 amide bonds. The molecule has 0 bridgehead atoms. The van der Waals surface area contributed by atoms with Crippen LogP contribution in [0.25, 0.3) is 0 Å². The molecular formula is C15H14N2O3. The van der Waals surface area contributed by atoms with Crippen LogP contribution in [0, 0.1) is 12.3 Å². The number of benzene rings is 2. The van der Waals surface area contributed by atoms with Crippen molar-refractivity contribution >= 4 is 5.84 Å². The van der Waals surface area contributed by atoms with Crippen molar-refractivity contribution in [1.29, 1.82) is 5.41 Å². The quantitative estimate of drug-likeness (QED) is 0.664. The van der Waals surface area contributed by atoms with Gasteiger partial charge in [-0.1, -0.05) is 11.6 Å². The molecule has 2 aromatic carbocycles. The Morgan fingerprint density at radius 3 is 2.75 bits per heavy atom. The van der Waals surface area contributed by atoms with Crippen LogP contribution in [0.5, 0.6) is 23.0 Å². The molecule has 5 nitrogen and oxygen atoms in total. The molecule has 20 heavy (non-hydrogen) atoms. The number of amidine groups is 1. The lowest BCUT2D eigenvalue weighted by Gasteiger charge is -2.11. The Bertz CT molecular complexity index is 683. The van der Waals surface area contributed by atoms with Crippen molar-refractivity contribution in [1.82, 2.24) is 0 Å². The molecule has 1 heterocycles. The summed E-state index contributed by atoms with van der Waals surface area (Å²) in [5.74, 6) is 2.49. The fourth-order valence-electron chi connectivity index (χ4n) is 2.01. The van der Waals surface area contributed by atoms with Gasteiger partial charge in [0.15, 0.2) is 11.5 Å². The van der Waals surface area contributed by atoms with Crippen LogP contribution < -0.4 is 19.9 Å². The van der Waals surface area contributed by atoms with E-state index in [2.05, 4.69) is 0 Å². The summed E-state index contributed by atoms with van der Waals surface area (Å²) < 4.78 is 16.3. The Kier molecular flexibility index (Phi) is 2.95. The summed E-state index contributed by atoms with van der Waals surface area (Å²) in [5.41, 5.74) is 7.18. The molecule has 1 aliphatic heterocycles. The normalized spacial score (nSPS) is 12.2. The second-order valence-electron chi connectivity index (χ2n) is 4.53. The fourth-order valence-corrected chi connectivity index (χ4v) is 2.01. The highest BCUT2D eigenvalue weighted by molar-refractivity contribution is 5.97. The van der Waals surface area contributed by atoms with Gasteiger partial charge < -0.3 is 19.9 Å². The standard InChI is InChI=1S/C15H14N2O3/c1-9-2-4-12(11(6-9)15(16)17)20-10-3-5-13-14(7-10)19-8-18-13/h2-7H,8H2,1H3,(H3,16,17). The molecule has 0 radical (unpaired) electrons. The predicted molar refractivity (Wildman–Crippen MR) is 74.8 cm³/mol. The Morgan fingerprint density at radius 1 is 1.15 bits per heavy atom. The number of hydrogen-bond acceptors (Lipinski definition) is 4. The minimum absolute atomic E-state index is 0.0237. The summed E-state index contributed by atoms with van der Waals surface area (Å²) in [6, 6.07) is 10.9. The van der Waals surface area contributed by atoms with Crippen LogP contribution in [0.2, 0.25) is 0 Å². The Balaban J connectivity index is 1.93. The van der Waals surface area contributed by atoms with Crippen LogP contribution in [0.15, 0.2) is 36.4 Å². The van der Waals surface area contributed by atoms with Crippen LogP contribution in [0.3, 0.4) is 0 Å². The van der Waals surface area contributed by atoms with Gasteiger partial charge in [0, 0.05) is 6.07 Å². The summed E-state index contributed by atoms with van der Waals surface area (Å²) in [6.45, 7) is 2.17. The van der Waals surface area contributed by atoms with E-state index in [4.69, 9.17) is 25.4 Å². The van der Waals surface area contributed by atoms with E-state index in [-0.39, 0.29) is 12.6 Å². The zero-order valence-corrected chi connectivity index (χ0v) is 11.0. The van der Waals surface area contributed by atoms with Crippen molar-refractivity contribution in [2.75, 3.05) is 6.79 Å². The predicted octanol–water partition coefficient (Wildman–Crippen LogP) is 2.80. The average Bonchev–Trinajstić information content (AvgIpc) is 2.88. The zero-order valence-electron chi connectivity index (χ0n) is 11.0. The first kappa shape index (κ1) is 12.3. The molecule has 5 heteroatoms. The third-order valence-corrected chi connectivity index (χ3v) is 3.00. The van der Waals surface area contributed by atoms with Gasteiger partial charge in [0.05, 0.1) is 5.56 Å². The second-order valence-corrected chi connectivity index (χ2v) is 4.53. The number of nitrogen functional groups attached to an aromatic ring is 1. The van der Waals surface area contributed by atoms with Gasteiger partial charge in [-0.3, -0.25) is 5.41 Å². The number of aryl methyl sites for hydroxylation is 1. The number of rotatable bonds is 3. The highest BCUT2D eigenvalue weighted by Crippen LogP contribution is 2.37. The van der Waals surface area contributed by atoms with E-state index < -0.39 is 0 Å². The van der Waals surface area contributed by atoms with Crippen LogP contribution in [-0.4, -0.2) is 12.6 Å². The van der Waals surface area contributed by atoms with Gasteiger partial charge in [-0.05, 0) is 31.2 Å². The first-order valence-electron chi connectivity index (χ1n) is 6.16. The Hall–Kier alpha value is -2.69. The van der Waals surface area contributed by atoms with E-state index in [9.17, 15) is 0 Å². The van der Waals surface area contributed by atoms with Crippen LogP contribution >= 0.6 is 0 Å². The van der Waals surface area contributed by atoms with Gasteiger partial charge in [-0.15, -0.1) is 0 Å². The smallest absolute Gasteiger partial charge is 0.231 e. The van der Waals surface area contributed by atoms with Crippen LogP contribution in [-0.2, 0) is 0 Å². The lowest BCUT2D eigenvalue weighted by Crippen LogP contribution is -2.12. The number of hydrogen-bond donors (Lipinski definition) is 2. The number of fused-ring (bicyclic) bond motifs is 1. The molecule has 0 aliphatic carbocycles. The maximum absolute atomic E-state index is 7.61. The summed E-state index contributed by atoms with van der Waals surface area (Å²) in [6.07, 6.45) is 0. The SMILES string of the molecule is Cc1ccc(Oc2ccc3c(c2)OCO3)c(C(=N)N)c1. The fraction of sp³-hybridized carbons (Fsp3) is 0.133. The van der Waals surface area contributed by atoms with Crippen molar-refractivity contribution in [2.24, 2.45) is 5.73 Å². The third kappa shape index (κ3) is 2.25. The van der Waals surface area contributed by atoms with E-state index in [1.54, 1.807) is 24.3 Å². The first-order valence-corrected chi connectivity index (χ1v) is 6.16. The van der Waals surface area contributed by atoms with Crippen molar-refractivity contribution in [2.45, 2.75) is 6.92 Å². The minimum Gasteiger partial charge on any atom is -0.456 e. The Morgan fingerprint density at radius 2 is 1.95 bits per heavy atom. The highest BCUT2D eigenvalue weighted by Gasteiger charge is 2.15. The van der Waals surface area contributed by atoms with Gasteiger partial charge >= 0.3 is 0 Å². The van der Waals surface area contributed by atoms with Crippen LogP contribution in [0.4, 0.5) is 0 Å². The third-order valence-electron chi connectivity index (χ3n) is 3.00. The topological polar surface area (TPSA) is 77.6 Å². The molecule has 1 aliphatic rings. The Labute approximate surface area is 116 Å². The maximum Gasteiger partial charge on any atom is 0.231 e. The van der Waals surface area contributed by atoms with E-state index in [1.807, 2.05) is 19.1 Å². The molecule has 0 aromatic heterocycles. The first-order chi connectivity index (χ1) is 9.63. The van der Waals surface area contributed by atoms with Gasteiger partial charge in [0.25, 0.3) is 0 Å². The largest absolute Gasteiger partial charge is 0.456 e. The van der Waals surface area contributed by atoms with E-state index in [1.165, 1.54) is 0 Å². The zero-order chi connectivity index (χ0) is 14.1. The molecule has 3 rings (SSSR count). The van der Waals surface area contributed by atoms with Crippen molar-refractivity contribution in [3.05, 3.63) is 47.5 Å². The molecule has 0 atom stereocenters. The van der Waals surface area contributed by atoms with E-state index in [0.29, 0.717) is 28.6 Å². The van der Waals surface area contributed by atoms with Crippen molar-refractivity contribution < 1.29 is 14.2 Å². The lowest BCUT2D eigenvalue weighted by molar-refractivity contribution is 0.174. The van der Waals surface area contributed by atoms with E-state index in [0.717, 1.165) is 5.56 Å². The lowest BCUT2D eigenvalue weighted by atomic mass is 10.1. The molecule has 0 saturated heterocycles. The second kappa shape index (κ2) is 4.77. The average molecular weight is 270 g/mol. The number of ether oxygens (including phenoxy) is 3. The van der Waals surface area contributed by atoms with Crippen molar-refractivity contribution in [3.63, 3.8) is 0 Å². The van der Waals surface area contributed by atoms with Gasteiger partial charge in [-0.2, -0.15) is 0 Å². The van der Waals surface area contributed by atoms with Crippen LogP contribution in [0.1, 0.15) is 11.1 Å². The van der Waals surface area contributed by atoms with E-state index >= 15 is 0 Å². The van der Waals surface area contributed by atoms with Gasteiger partial charge in [0.1, 0.15) is 17.3 Å². The summed E-state index contributed by atoms with van der Waals surface area (Å²) >= 11 is 0. The molecular weight excluding hydrogens is 256 g/mol.